The molecule has 1 aliphatic heterocycles. The van der Waals surface area contributed by atoms with Gasteiger partial charge in [0.05, 0.1) is 6.04 Å². The Labute approximate surface area is 117 Å². The Morgan fingerprint density at radius 1 is 1.20 bits per heavy atom. The van der Waals surface area contributed by atoms with E-state index in [1.165, 1.54) is 19.3 Å². The molecule has 0 bridgehead atoms. The molecule has 3 heterocycles. The van der Waals surface area contributed by atoms with Crippen LogP contribution in [0.4, 0.5) is 0 Å². The Hall–Kier alpha value is -1.82. The van der Waals surface area contributed by atoms with Gasteiger partial charge in [-0.25, -0.2) is 9.97 Å². The van der Waals surface area contributed by atoms with Crippen molar-refractivity contribution in [2.24, 2.45) is 11.8 Å². The molecule has 0 spiro atoms. The predicted molar refractivity (Wildman–Crippen MR) is 71.6 cm³/mol. The molecule has 0 amide bonds. The second kappa shape index (κ2) is 4.63. The largest absolute Gasteiger partial charge is 0.337 e. The number of hydrogen-bond acceptors (Lipinski definition) is 6. The smallest absolute Gasteiger partial charge is 0.244 e. The van der Waals surface area contributed by atoms with E-state index in [0.29, 0.717) is 23.5 Å². The van der Waals surface area contributed by atoms with Crippen molar-refractivity contribution in [1.29, 1.82) is 0 Å². The van der Waals surface area contributed by atoms with Crippen LogP contribution in [0, 0.1) is 18.8 Å². The van der Waals surface area contributed by atoms with Gasteiger partial charge in [0.2, 0.25) is 17.5 Å². The van der Waals surface area contributed by atoms with E-state index in [4.69, 9.17) is 4.52 Å². The third kappa shape index (κ3) is 1.91. The lowest BCUT2D eigenvalue weighted by Crippen LogP contribution is -2.18. The van der Waals surface area contributed by atoms with Crippen LogP contribution in [0.2, 0.25) is 0 Å². The minimum Gasteiger partial charge on any atom is -0.337 e. The Morgan fingerprint density at radius 3 is 2.90 bits per heavy atom. The lowest BCUT2D eigenvalue weighted by atomic mass is 9.94. The molecule has 1 aliphatic carbocycles. The third-order valence-corrected chi connectivity index (χ3v) is 4.43. The molecular weight excluding hydrogens is 254 g/mol. The number of aryl methyl sites for hydroxylation is 1. The van der Waals surface area contributed by atoms with E-state index in [2.05, 4.69) is 25.4 Å². The van der Waals surface area contributed by atoms with Crippen LogP contribution in [0.5, 0.6) is 0 Å². The molecule has 0 radical (unpaired) electrons. The average Bonchev–Trinajstić information content (AvgIpc) is 3.15. The highest BCUT2D eigenvalue weighted by Crippen LogP contribution is 2.43. The summed E-state index contributed by atoms with van der Waals surface area (Å²) in [5, 5.41) is 7.54. The Bertz CT molecular complexity index is 608. The zero-order valence-corrected chi connectivity index (χ0v) is 11.4. The van der Waals surface area contributed by atoms with E-state index < -0.39 is 0 Å². The van der Waals surface area contributed by atoms with Crippen LogP contribution in [0.25, 0.3) is 11.6 Å². The molecule has 3 unspecified atom stereocenters. The van der Waals surface area contributed by atoms with Gasteiger partial charge in [-0.05, 0) is 43.7 Å². The third-order valence-electron chi connectivity index (χ3n) is 4.43. The number of nitrogens with zero attached hydrogens (tertiary/aromatic N) is 4. The average molecular weight is 271 g/mol. The zero-order chi connectivity index (χ0) is 13.5. The fraction of sp³-hybridized carbons (Fsp3) is 0.571. The molecule has 1 saturated carbocycles. The quantitative estimate of drug-likeness (QED) is 0.899. The minimum atomic E-state index is 0.203. The Morgan fingerprint density at radius 2 is 2.05 bits per heavy atom. The number of aromatic nitrogens is 4. The molecule has 6 nitrogen and oxygen atoms in total. The summed E-state index contributed by atoms with van der Waals surface area (Å²) in [6, 6.07) is 0.203. The molecule has 2 aromatic rings. The van der Waals surface area contributed by atoms with Gasteiger partial charge < -0.3 is 9.84 Å². The van der Waals surface area contributed by atoms with Gasteiger partial charge in [0.1, 0.15) is 0 Å². The summed E-state index contributed by atoms with van der Waals surface area (Å²) in [6.07, 6.45) is 7.41. The molecule has 1 saturated heterocycles. The van der Waals surface area contributed by atoms with Crippen LogP contribution in [0.3, 0.4) is 0 Å². The van der Waals surface area contributed by atoms with Crippen LogP contribution < -0.4 is 5.32 Å². The van der Waals surface area contributed by atoms with Crippen LogP contribution >= 0.6 is 0 Å². The maximum absolute atomic E-state index is 5.44. The van der Waals surface area contributed by atoms with Crippen molar-refractivity contribution in [2.45, 2.75) is 32.2 Å². The Balaban J connectivity index is 1.60. The van der Waals surface area contributed by atoms with Gasteiger partial charge >= 0.3 is 0 Å². The van der Waals surface area contributed by atoms with Gasteiger partial charge in [0.25, 0.3) is 0 Å². The maximum atomic E-state index is 5.44. The number of nitrogens with one attached hydrogen (secondary N) is 1. The summed E-state index contributed by atoms with van der Waals surface area (Å²) in [6.45, 7) is 3.02. The van der Waals surface area contributed by atoms with Crippen molar-refractivity contribution in [3.63, 3.8) is 0 Å². The highest BCUT2D eigenvalue weighted by molar-refractivity contribution is 5.41. The van der Waals surface area contributed by atoms with Crippen LogP contribution in [-0.4, -0.2) is 26.7 Å². The van der Waals surface area contributed by atoms with Gasteiger partial charge in [0, 0.05) is 12.4 Å². The first-order valence-electron chi connectivity index (χ1n) is 7.17. The molecule has 1 N–H and O–H groups in total. The molecule has 4 rings (SSSR count). The summed E-state index contributed by atoms with van der Waals surface area (Å²) >= 11 is 0. The normalized spacial score (nSPS) is 28.8. The summed E-state index contributed by atoms with van der Waals surface area (Å²) < 4.78 is 5.44. The standard InChI is InChI=1S/C14H17N5O/c1-8-5-16-12(17-6-8)13-18-14(20-19-13)11-10-4-2-3-9(10)7-15-11/h5-6,9-11,15H,2-4,7H2,1H3. The summed E-state index contributed by atoms with van der Waals surface area (Å²) in [5.41, 5.74) is 1.02. The SMILES string of the molecule is Cc1cnc(-c2noc(C3NCC4CCCC43)n2)nc1. The topological polar surface area (TPSA) is 76.7 Å². The monoisotopic (exact) mass is 271 g/mol. The Kier molecular flexibility index (Phi) is 2.77. The molecule has 3 atom stereocenters. The highest BCUT2D eigenvalue weighted by Gasteiger charge is 2.42. The van der Waals surface area contributed by atoms with E-state index in [1.807, 2.05) is 6.92 Å². The van der Waals surface area contributed by atoms with E-state index in [0.717, 1.165) is 18.0 Å². The molecule has 0 aromatic carbocycles. The molecule has 2 aliphatic rings. The van der Waals surface area contributed by atoms with Crippen LogP contribution in [0.1, 0.15) is 36.8 Å². The first-order chi connectivity index (χ1) is 9.81. The molecular formula is C14H17N5O. The van der Waals surface area contributed by atoms with Gasteiger partial charge in [-0.1, -0.05) is 11.6 Å². The summed E-state index contributed by atoms with van der Waals surface area (Å²) in [5.74, 6) is 3.08. The molecule has 6 heteroatoms. The van der Waals surface area contributed by atoms with Gasteiger partial charge in [-0.3, -0.25) is 0 Å². The molecule has 2 fully saturated rings. The van der Waals surface area contributed by atoms with Gasteiger partial charge in [-0.15, -0.1) is 0 Å². The lowest BCUT2D eigenvalue weighted by molar-refractivity contribution is 0.302. The van der Waals surface area contributed by atoms with Crippen molar-refractivity contribution in [3.8, 4) is 11.6 Å². The summed E-state index contributed by atoms with van der Waals surface area (Å²) in [7, 11) is 0. The predicted octanol–water partition coefficient (Wildman–Crippen LogP) is 1.90. The van der Waals surface area contributed by atoms with Crippen molar-refractivity contribution >= 4 is 0 Å². The minimum absolute atomic E-state index is 0.203. The van der Waals surface area contributed by atoms with Crippen LogP contribution in [0.15, 0.2) is 16.9 Å². The van der Waals surface area contributed by atoms with E-state index >= 15 is 0 Å². The molecule has 104 valence electrons. The molecule has 2 aromatic heterocycles. The summed E-state index contributed by atoms with van der Waals surface area (Å²) in [4.78, 5) is 13.0. The number of fused-ring (bicyclic) bond motifs is 1. The lowest BCUT2D eigenvalue weighted by Gasteiger charge is -2.13. The highest BCUT2D eigenvalue weighted by atomic mass is 16.5. The van der Waals surface area contributed by atoms with Crippen molar-refractivity contribution in [3.05, 3.63) is 23.8 Å². The first kappa shape index (κ1) is 12.0. The fourth-order valence-electron chi connectivity index (χ4n) is 3.42. The van der Waals surface area contributed by atoms with Gasteiger partial charge in [-0.2, -0.15) is 4.98 Å². The maximum Gasteiger partial charge on any atom is 0.244 e. The molecule has 20 heavy (non-hydrogen) atoms. The second-order valence-corrected chi connectivity index (χ2v) is 5.78. The number of rotatable bonds is 2. The van der Waals surface area contributed by atoms with E-state index in [-0.39, 0.29) is 6.04 Å². The van der Waals surface area contributed by atoms with E-state index in [9.17, 15) is 0 Å². The number of hydrogen-bond donors (Lipinski definition) is 1. The van der Waals surface area contributed by atoms with Gasteiger partial charge in [0.15, 0.2) is 0 Å². The van der Waals surface area contributed by atoms with Crippen LogP contribution in [-0.2, 0) is 0 Å². The van der Waals surface area contributed by atoms with Crippen molar-refractivity contribution < 1.29 is 4.52 Å². The second-order valence-electron chi connectivity index (χ2n) is 5.78. The van der Waals surface area contributed by atoms with Crippen molar-refractivity contribution in [2.75, 3.05) is 6.54 Å². The van der Waals surface area contributed by atoms with E-state index in [1.54, 1.807) is 12.4 Å². The fourth-order valence-corrected chi connectivity index (χ4v) is 3.42. The van der Waals surface area contributed by atoms with Crippen molar-refractivity contribution in [1.82, 2.24) is 25.4 Å². The first-order valence-corrected chi connectivity index (χ1v) is 7.17. The zero-order valence-electron chi connectivity index (χ0n) is 11.4.